The molecule has 0 spiro atoms. The molecular weight excluding hydrogens is 402 g/mol. The van der Waals surface area contributed by atoms with Crippen molar-refractivity contribution in [1.29, 1.82) is 0 Å². The minimum atomic E-state index is -3.73. The van der Waals surface area contributed by atoms with E-state index < -0.39 is 20.0 Å². The Kier molecular flexibility index (Phi) is 8.46. The molecule has 1 aliphatic heterocycles. The quantitative estimate of drug-likeness (QED) is 0.550. The molecule has 0 radical (unpaired) electrons. The fourth-order valence-electron chi connectivity index (χ4n) is 2.88. The Morgan fingerprint density at radius 3 is 2.00 bits per heavy atom. The van der Waals surface area contributed by atoms with E-state index in [1.165, 1.54) is 31.3 Å². The molecule has 1 aliphatic rings. The lowest BCUT2D eigenvalue weighted by molar-refractivity contribution is 0.0577. The van der Waals surface area contributed by atoms with Crippen molar-refractivity contribution in [3.8, 4) is 0 Å². The minimum absolute atomic E-state index is 0. The van der Waals surface area contributed by atoms with E-state index in [0.29, 0.717) is 6.61 Å². The summed E-state index contributed by atoms with van der Waals surface area (Å²) in [5.41, 5.74) is -0.234. The summed E-state index contributed by atoms with van der Waals surface area (Å²) < 4.78 is 58.6. The number of rotatable bonds is 8. The van der Waals surface area contributed by atoms with Crippen molar-refractivity contribution < 1.29 is 21.6 Å². The van der Waals surface area contributed by atoms with Crippen LogP contribution in [0, 0.1) is 5.41 Å². The summed E-state index contributed by atoms with van der Waals surface area (Å²) in [5.74, 6) is 0. The molecule has 26 heavy (non-hydrogen) atoms. The van der Waals surface area contributed by atoms with Gasteiger partial charge in [-0.05, 0) is 57.2 Å². The predicted molar refractivity (Wildman–Crippen MR) is 102 cm³/mol. The van der Waals surface area contributed by atoms with Gasteiger partial charge in [0.05, 0.1) is 16.4 Å². The van der Waals surface area contributed by atoms with Crippen LogP contribution in [-0.2, 0) is 24.8 Å². The number of ether oxygens (including phenoxy) is 1. The number of hydrogen-bond acceptors (Lipinski definition) is 6. The number of piperidine rings is 1. The van der Waals surface area contributed by atoms with E-state index in [0.717, 1.165) is 25.9 Å². The molecule has 2 rings (SSSR count). The molecule has 0 aromatic heterocycles. The topological polar surface area (TPSA) is 114 Å². The summed E-state index contributed by atoms with van der Waals surface area (Å²) in [6, 6.07) is 5.13. The van der Waals surface area contributed by atoms with Gasteiger partial charge in [-0.2, -0.15) is 0 Å². The maximum atomic E-state index is 12.5. The van der Waals surface area contributed by atoms with E-state index in [1.54, 1.807) is 7.11 Å². The van der Waals surface area contributed by atoms with Crippen LogP contribution in [0.1, 0.15) is 12.8 Å². The van der Waals surface area contributed by atoms with Gasteiger partial charge in [-0.3, -0.25) is 0 Å². The van der Waals surface area contributed by atoms with E-state index in [2.05, 4.69) is 14.8 Å². The van der Waals surface area contributed by atoms with Gasteiger partial charge in [-0.15, -0.1) is 12.4 Å². The molecule has 0 bridgehead atoms. The average molecular weight is 428 g/mol. The Labute approximate surface area is 161 Å². The average Bonchev–Trinajstić information content (AvgIpc) is 2.61. The molecule has 0 atom stereocenters. The van der Waals surface area contributed by atoms with Gasteiger partial charge in [-0.1, -0.05) is 0 Å². The van der Waals surface area contributed by atoms with Crippen molar-refractivity contribution in [2.45, 2.75) is 22.6 Å². The summed E-state index contributed by atoms with van der Waals surface area (Å²) in [6.45, 7) is 2.40. The smallest absolute Gasteiger partial charge is 0.240 e. The van der Waals surface area contributed by atoms with Gasteiger partial charge in [0.1, 0.15) is 0 Å². The molecule has 11 heteroatoms. The molecule has 8 nitrogen and oxygen atoms in total. The Morgan fingerprint density at radius 2 is 1.54 bits per heavy atom. The lowest BCUT2D eigenvalue weighted by Crippen LogP contribution is -2.47. The number of methoxy groups -OCH3 is 1. The van der Waals surface area contributed by atoms with Gasteiger partial charge < -0.3 is 10.1 Å². The van der Waals surface area contributed by atoms with E-state index in [9.17, 15) is 16.8 Å². The van der Waals surface area contributed by atoms with Gasteiger partial charge >= 0.3 is 0 Å². The first-order valence-corrected chi connectivity index (χ1v) is 10.9. The van der Waals surface area contributed by atoms with Crippen LogP contribution in [-0.4, -0.2) is 57.2 Å². The van der Waals surface area contributed by atoms with Crippen LogP contribution in [0.15, 0.2) is 34.1 Å². The van der Waals surface area contributed by atoms with Gasteiger partial charge in [0.2, 0.25) is 20.0 Å². The first kappa shape index (κ1) is 23.3. The van der Waals surface area contributed by atoms with E-state index in [-0.39, 0.29) is 34.2 Å². The number of halogens is 1. The van der Waals surface area contributed by atoms with Crippen molar-refractivity contribution in [3.63, 3.8) is 0 Å². The molecule has 1 fully saturated rings. The molecule has 1 heterocycles. The van der Waals surface area contributed by atoms with Crippen molar-refractivity contribution >= 4 is 32.5 Å². The summed E-state index contributed by atoms with van der Waals surface area (Å²) >= 11 is 0. The van der Waals surface area contributed by atoms with Crippen molar-refractivity contribution in [3.05, 3.63) is 24.3 Å². The summed E-state index contributed by atoms with van der Waals surface area (Å²) in [6.07, 6.45) is 1.64. The third kappa shape index (κ3) is 5.62. The van der Waals surface area contributed by atoms with E-state index in [1.807, 2.05) is 0 Å². The summed E-state index contributed by atoms with van der Waals surface area (Å²) in [5, 5.41) is 3.26. The van der Waals surface area contributed by atoms with Crippen molar-refractivity contribution in [2.24, 2.45) is 5.41 Å². The van der Waals surface area contributed by atoms with Gasteiger partial charge in [0, 0.05) is 19.1 Å². The maximum absolute atomic E-state index is 12.5. The molecule has 1 aromatic rings. The fraction of sp³-hybridized carbons (Fsp3) is 0.600. The molecule has 1 saturated heterocycles. The minimum Gasteiger partial charge on any atom is -0.384 e. The Morgan fingerprint density at radius 1 is 1.04 bits per heavy atom. The molecule has 0 aliphatic carbocycles. The monoisotopic (exact) mass is 427 g/mol. The fourth-order valence-corrected chi connectivity index (χ4v) is 4.77. The lowest BCUT2D eigenvalue weighted by atomic mass is 9.80. The zero-order chi connectivity index (χ0) is 18.6. The number of nitrogens with one attached hydrogen (secondary N) is 3. The first-order valence-electron chi connectivity index (χ1n) is 7.98. The molecule has 0 saturated carbocycles. The molecule has 150 valence electrons. The van der Waals surface area contributed by atoms with Crippen LogP contribution < -0.4 is 14.8 Å². The van der Waals surface area contributed by atoms with Crippen LogP contribution in [0.25, 0.3) is 0 Å². The van der Waals surface area contributed by atoms with Crippen molar-refractivity contribution in [2.75, 3.05) is 40.4 Å². The SMILES string of the molecule is CNS(=O)(=O)c1ccc(S(=O)(=O)NCC2(COC)CCNCC2)cc1.Cl. The standard InChI is InChI=1S/C15H25N3O5S2.ClH/c1-16-24(19,20)13-3-5-14(6-4-13)25(21,22)18-11-15(12-23-2)7-9-17-10-8-15;/h3-6,16-18H,7-12H2,1-2H3;1H. The van der Waals surface area contributed by atoms with Crippen molar-refractivity contribution in [1.82, 2.24) is 14.8 Å². The van der Waals surface area contributed by atoms with Crippen LogP contribution >= 0.6 is 12.4 Å². The third-order valence-corrected chi connectivity index (χ3v) is 7.31. The van der Waals surface area contributed by atoms with Crippen LogP contribution in [0.3, 0.4) is 0 Å². The highest BCUT2D eigenvalue weighted by Crippen LogP contribution is 2.29. The normalized spacial score (nSPS) is 17.5. The molecule has 0 amide bonds. The molecule has 1 aromatic carbocycles. The highest BCUT2D eigenvalue weighted by atomic mass is 35.5. The highest BCUT2D eigenvalue weighted by Gasteiger charge is 2.33. The van der Waals surface area contributed by atoms with Crippen LogP contribution in [0.2, 0.25) is 0 Å². The second-order valence-corrected chi connectivity index (χ2v) is 9.84. The predicted octanol–water partition coefficient (Wildman–Crippen LogP) is 0.311. The number of hydrogen-bond donors (Lipinski definition) is 3. The number of benzene rings is 1. The summed E-state index contributed by atoms with van der Waals surface area (Å²) in [7, 11) is -4.41. The highest BCUT2D eigenvalue weighted by molar-refractivity contribution is 7.90. The number of sulfonamides is 2. The lowest BCUT2D eigenvalue weighted by Gasteiger charge is -2.37. The van der Waals surface area contributed by atoms with Gasteiger partial charge in [0.15, 0.2) is 0 Å². The maximum Gasteiger partial charge on any atom is 0.240 e. The second kappa shape index (κ2) is 9.45. The Bertz CT molecular complexity index is 770. The Hall–Kier alpha value is -0.750. The van der Waals surface area contributed by atoms with E-state index >= 15 is 0 Å². The zero-order valence-electron chi connectivity index (χ0n) is 14.8. The Balaban J connectivity index is 0.00000338. The first-order chi connectivity index (χ1) is 11.7. The largest absolute Gasteiger partial charge is 0.384 e. The van der Waals surface area contributed by atoms with Crippen LogP contribution in [0.5, 0.6) is 0 Å². The van der Waals surface area contributed by atoms with Gasteiger partial charge in [0.25, 0.3) is 0 Å². The van der Waals surface area contributed by atoms with E-state index in [4.69, 9.17) is 4.74 Å². The summed E-state index contributed by atoms with van der Waals surface area (Å²) in [4.78, 5) is 0.0483. The zero-order valence-corrected chi connectivity index (χ0v) is 17.3. The second-order valence-electron chi connectivity index (χ2n) is 6.19. The molecule has 0 unspecified atom stereocenters. The third-order valence-electron chi connectivity index (χ3n) is 4.46. The molecule has 3 N–H and O–H groups in total. The van der Waals surface area contributed by atoms with Gasteiger partial charge in [-0.25, -0.2) is 26.3 Å². The van der Waals surface area contributed by atoms with Crippen LogP contribution in [0.4, 0.5) is 0 Å². The molecular formula is C15H26ClN3O5S2.